The summed E-state index contributed by atoms with van der Waals surface area (Å²) in [5.41, 5.74) is 2.47. The highest BCUT2D eigenvalue weighted by molar-refractivity contribution is 7.99. The number of halogens is 1. The number of hydrogen-bond donors (Lipinski definition) is 2. The fourth-order valence-corrected chi connectivity index (χ4v) is 4.38. The number of carbonyl (C=O) groups excluding carboxylic acids is 2. The molecule has 2 amide bonds. The quantitative estimate of drug-likeness (QED) is 0.287. The molecule has 0 aliphatic carbocycles. The normalized spacial score (nSPS) is 11.5. The van der Waals surface area contributed by atoms with Crippen LogP contribution in [0.2, 0.25) is 5.02 Å². The van der Waals surface area contributed by atoms with Crippen molar-refractivity contribution < 1.29 is 14.3 Å². The Morgan fingerprint density at radius 1 is 1.20 bits per heavy atom. The zero-order chi connectivity index (χ0) is 25.4. The van der Waals surface area contributed by atoms with Gasteiger partial charge in [-0.25, -0.2) is 0 Å². The van der Waals surface area contributed by atoms with Crippen LogP contribution in [-0.4, -0.2) is 39.4 Å². The summed E-state index contributed by atoms with van der Waals surface area (Å²) in [7, 11) is 1.60. The van der Waals surface area contributed by atoms with Crippen LogP contribution >= 0.6 is 23.4 Å². The van der Waals surface area contributed by atoms with Crippen LogP contribution in [0.25, 0.3) is 0 Å². The predicted molar refractivity (Wildman–Crippen MR) is 139 cm³/mol. The highest BCUT2D eigenvalue weighted by atomic mass is 35.5. The van der Waals surface area contributed by atoms with Crippen LogP contribution in [0, 0.1) is 6.92 Å². The number of anilines is 1. The van der Waals surface area contributed by atoms with Gasteiger partial charge in [-0.15, -0.1) is 16.8 Å². The molecule has 0 unspecified atom stereocenters. The lowest BCUT2D eigenvalue weighted by Crippen LogP contribution is -2.30. The number of rotatable bonds is 11. The zero-order valence-electron chi connectivity index (χ0n) is 19.9. The van der Waals surface area contributed by atoms with Crippen LogP contribution < -0.4 is 15.4 Å². The molecule has 3 aromatic rings. The van der Waals surface area contributed by atoms with Gasteiger partial charge in [-0.2, -0.15) is 0 Å². The number of ether oxygens (including phenoxy) is 1. The van der Waals surface area contributed by atoms with Crippen molar-refractivity contribution in [1.29, 1.82) is 0 Å². The summed E-state index contributed by atoms with van der Waals surface area (Å²) >= 11 is 7.24. The maximum atomic E-state index is 12.6. The molecule has 1 aromatic heterocycles. The molecule has 0 fully saturated rings. The molecule has 0 aliphatic heterocycles. The maximum absolute atomic E-state index is 12.6. The van der Waals surface area contributed by atoms with Gasteiger partial charge in [-0.1, -0.05) is 41.6 Å². The summed E-state index contributed by atoms with van der Waals surface area (Å²) < 4.78 is 6.99. The van der Waals surface area contributed by atoms with Crippen molar-refractivity contribution in [2.45, 2.75) is 38.0 Å². The van der Waals surface area contributed by atoms with Crippen LogP contribution in [-0.2, 0) is 22.6 Å². The second-order valence-electron chi connectivity index (χ2n) is 7.85. The van der Waals surface area contributed by atoms with Gasteiger partial charge in [-0.05, 0) is 55.3 Å². The molecule has 8 nitrogen and oxygen atoms in total. The van der Waals surface area contributed by atoms with Gasteiger partial charge in [0, 0.05) is 17.3 Å². The Morgan fingerprint density at radius 3 is 2.60 bits per heavy atom. The van der Waals surface area contributed by atoms with E-state index in [1.165, 1.54) is 11.8 Å². The molecule has 184 valence electrons. The molecular weight excluding hydrogens is 486 g/mol. The number of benzene rings is 2. The molecular formula is C25H28ClN5O3S. The first-order valence-electron chi connectivity index (χ1n) is 11.0. The van der Waals surface area contributed by atoms with Crippen LogP contribution in [0.4, 0.5) is 5.69 Å². The molecule has 0 radical (unpaired) electrons. The summed E-state index contributed by atoms with van der Waals surface area (Å²) in [4.78, 5) is 25.1. The second-order valence-corrected chi connectivity index (χ2v) is 9.23. The average molecular weight is 514 g/mol. The van der Waals surface area contributed by atoms with Gasteiger partial charge in [0.15, 0.2) is 11.0 Å². The third-order valence-corrected chi connectivity index (χ3v) is 6.34. The Morgan fingerprint density at radius 2 is 1.94 bits per heavy atom. The SMILES string of the molecule is C=CCn1c(SCC(=O)Nc2ccc(Cl)cc2C)nnc1[C@H](C)NC(=O)Cc1ccc(OC)cc1. The summed E-state index contributed by atoms with van der Waals surface area (Å²) in [6.45, 7) is 7.98. The lowest BCUT2D eigenvalue weighted by Gasteiger charge is -2.15. The minimum atomic E-state index is -0.381. The number of hydrogen-bond acceptors (Lipinski definition) is 6. The number of amides is 2. The molecule has 2 N–H and O–H groups in total. The lowest BCUT2D eigenvalue weighted by molar-refractivity contribution is -0.121. The first-order chi connectivity index (χ1) is 16.8. The fraction of sp³-hybridized carbons (Fsp3) is 0.280. The predicted octanol–water partition coefficient (Wildman–Crippen LogP) is 4.59. The van der Waals surface area contributed by atoms with Crippen molar-refractivity contribution in [3.8, 4) is 5.75 Å². The summed E-state index contributed by atoms with van der Waals surface area (Å²) in [6.07, 6.45) is 1.95. The van der Waals surface area contributed by atoms with Gasteiger partial charge in [0.1, 0.15) is 5.75 Å². The van der Waals surface area contributed by atoms with E-state index in [0.717, 1.165) is 16.9 Å². The van der Waals surface area contributed by atoms with Crippen molar-refractivity contribution in [2.75, 3.05) is 18.2 Å². The first-order valence-corrected chi connectivity index (χ1v) is 12.3. The van der Waals surface area contributed by atoms with Crippen LogP contribution in [0.5, 0.6) is 5.75 Å². The van der Waals surface area contributed by atoms with Gasteiger partial charge >= 0.3 is 0 Å². The van der Waals surface area contributed by atoms with Crippen molar-refractivity contribution in [3.05, 3.63) is 77.1 Å². The third kappa shape index (κ3) is 7.34. The monoisotopic (exact) mass is 513 g/mol. The molecule has 0 aliphatic rings. The minimum Gasteiger partial charge on any atom is -0.497 e. The topological polar surface area (TPSA) is 98.1 Å². The van der Waals surface area contributed by atoms with E-state index < -0.39 is 0 Å². The van der Waals surface area contributed by atoms with Crippen molar-refractivity contribution in [1.82, 2.24) is 20.1 Å². The Bertz CT molecular complexity index is 1200. The van der Waals surface area contributed by atoms with Crippen LogP contribution in [0.15, 0.2) is 60.3 Å². The van der Waals surface area contributed by atoms with Crippen molar-refractivity contribution >= 4 is 40.9 Å². The molecule has 0 saturated heterocycles. The molecule has 0 spiro atoms. The van der Waals surface area contributed by atoms with Gasteiger partial charge in [-0.3, -0.25) is 9.59 Å². The number of thioether (sulfide) groups is 1. The van der Waals surface area contributed by atoms with Crippen LogP contribution in [0.1, 0.15) is 29.9 Å². The Kier molecular flexibility index (Phi) is 9.33. The Balaban J connectivity index is 1.61. The molecule has 10 heteroatoms. The fourth-order valence-electron chi connectivity index (χ4n) is 3.40. The summed E-state index contributed by atoms with van der Waals surface area (Å²) in [5, 5.41) is 15.5. The van der Waals surface area contributed by atoms with Gasteiger partial charge in [0.25, 0.3) is 0 Å². The molecule has 0 saturated carbocycles. The standard InChI is InChI=1S/C25H28ClN5O3S/c1-5-12-31-24(17(3)27-22(32)14-18-6-9-20(34-4)10-7-18)29-30-25(31)35-15-23(33)28-21-11-8-19(26)13-16(21)2/h5-11,13,17H,1,12,14-15H2,2-4H3,(H,27,32)(H,28,33)/t17-/m0/s1. The summed E-state index contributed by atoms with van der Waals surface area (Å²) in [5.74, 6) is 1.17. The van der Waals surface area contributed by atoms with E-state index in [1.807, 2.05) is 42.7 Å². The van der Waals surface area contributed by atoms with Crippen LogP contribution in [0.3, 0.4) is 0 Å². The maximum Gasteiger partial charge on any atom is 0.234 e. The molecule has 1 heterocycles. The number of methoxy groups -OCH3 is 1. The minimum absolute atomic E-state index is 0.136. The number of aromatic nitrogens is 3. The van der Waals surface area contributed by atoms with E-state index in [4.69, 9.17) is 16.3 Å². The van der Waals surface area contributed by atoms with Gasteiger partial charge < -0.3 is 19.9 Å². The highest BCUT2D eigenvalue weighted by Gasteiger charge is 2.20. The molecule has 0 bridgehead atoms. The third-order valence-electron chi connectivity index (χ3n) is 5.14. The van der Waals surface area contributed by atoms with E-state index in [9.17, 15) is 9.59 Å². The molecule has 35 heavy (non-hydrogen) atoms. The zero-order valence-corrected chi connectivity index (χ0v) is 21.4. The largest absolute Gasteiger partial charge is 0.497 e. The number of carbonyl (C=O) groups is 2. The van der Waals surface area contributed by atoms with E-state index in [2.05, 4.69) is 27.4 Å². The Labute approximate surface area is 214 Å². The summed E-state index contributed by atoms with van der Waals surface area (Å²) in [6, 6.07) is 12.3. The second kappa shape index (κ2) is 12.4. The van der Waals surface area contributed by atoms with E-state index in [-0.39, 0.29) is 30.0 Å². The Hall–Kier alpha value is -3.30. The van der Waals surface area contributed by atoms with Crippen molar-refractivity contribution in [2.24, 2.45) is 0 Å². The molecule has 1 atom stereocenters. The number of aryl methyl sites for hydroxylation is 1. The van der Waals surface area contributed by atoms with E-state index >= 15 is 0 Å². The number of allylic oxidation sites excluding steroid dienone is 1. The lowest BCUT2D eigenvalue weighted by atomic mass is 10.1. The van der Waals surface area contributed by atoms with Crippen molar-refractivity contribution in [3.63, 3.8) is 0 Å². The van der Waals surface area contributed by atoms with E-state index in [1.54, 1.807) is 31.4 Å². The number of nitrogens with one attached hydrogen (secondary N) is 2. The first kappa shape index (κ1) is 26.3. The van der Waals surface area contributed by atoms with Gasteiger partial charge in [0.05, 0.1) is 25.3 Å². The van der Waals surface area contributed by atoms with E-state index in [0.29, 0.717) is 28.2 Å². The molecule has 3 rings (SSSR count). The van der Waals surface area contributed by atoms with Gasteiger partial charge in [0.2, 0.25) is 11.8 Å². The smallest absolute Gasteiger partial charge is 0.234 e. The molecule has 2 aromatic carbocycles. The number of nitrogens with zero attached hydrogens (tertiary/aromatic N) is 3. The highest BCUT2D eigenvalue weighted by Crippen LogP contribution is 2.23. The average Bonchev–Trinajstić information content (AvgIpc) is 3.23.